The monoisotopic (exact) mass is 432 g/mol. The summed E-state index contributed by atoms with van der Waals surface area (Å²) in [5.74, 6) is 0.871. The predicted octanol–water partition coefficient (Wildman–Crippen LogP) is 2.47. The predicted molar refractivity (Wildman–Crippen MR) is 107 cm³/mol. The first-order valence-corrected chi connectivity index (χ1v) is 7.58. The molecule has 6 heteroatoms. The van der Waals surface area contributed by atoms with Gasteiger partial charge in [-0.15, -0.1) is 24.0 Å². The van der Waals surface area contributed by atoms with E-state index in [0.29, 0.717) is 13.1 Å². The Labute approximate surface area is 157 Å². The van der Waals surface area contributed by atoms with Crippen molar-refractivity contribution in [3.63, 3.8) is 0 Å². The van der Waals surface area contributed by atoms with Gasteiger partial charge in [0.15, 0.2) is 5.96 Å². The Kier molecular flexibility index (Phi) is 9.87. The second-order valence-corrected chi connectivity index (χ2v) is 6.32. The van der Waals surface area contributed by atoms with Crippen LogP contribution >= 0.6 is 24.0 Å². The molecule has 0 radical (unpaired) electrons. The van der Waals surface area contributed by atoms with E-state index in [2.05, 4.69) is 32.7 Å². The summed E-state index contributed by atoms with van der Waals surface area (Å²) in [5.41, 5.74) is 0.875. The number of nitrogens with zero attached hydrogens (tertiary/aromatic N) is 2. The second kappa shape index (κ2) is 10.5. The topological polar surface area (TPSA) is 56.7 Å². The molecule has 0 bridgehead atoms. The van der Waals surface area contributed by atoms with Crippen LogP contribution < -0.4 is 10.6 Å². The van der Waals surface area contributed by atoms with Gasteiger partial charge in [-0.05, 0) is 5.56 Å². The highest BCUT2D eigenvalue weighted by atomic mass is 127. The average molecular weight is 432 g/mol. The molecule has 0 aliphatic rings. The zero-order chi connectivity index (χ0) is 16.6. The lowest BCUT2D eigenvalue weighted by molar-refractivity contribution is -0.128. The molecule has 130 valence electrons. The number of aliphatic imine (C=N–C) groups is 1. The van der Waals surface area contributed by atoms with Crippen molar-refractivity contribution in [2.24, 2.45) is 10.4 Å². The SMILES string of the molecule is CN=C(NCCNC(=O)C(C)(C)C)N(C)Cc1ccccc1.I. The molecule has 2 N–H and O–H groups in total. The summed E-state index contributed by atoms with van der Waals surface area (Å²) >= 11 is 0. The molecule has 1 aromatic carbocycles. The van der Waals surface area contributed by atoms with Crippen LogP contribution in [0.3, 0.4) is 0 Å². The van der Waals surface area contributed by atoms with Crippen molar-refractivity contribution in [3.8, 4) is 0 Å². The maximum Gasteiger partial charge on any atom is 0.225 e. The molecule has 0 aromatic heterocycles. The van der Waals surface area contributed by atoms with Crippen molar-refractivity contribution in [3.05, 3.63) is 35.9 Å². The summed E-state index contributed by atoms with van der Waals surface area (Å²) in [6.07, 6.45) is 0. The number of hydrogen-bond acceptors (Lipinski definition) is 2. The van der Waals surface area contributed by atoms with Gasteiger partial charge < -0.3 is 15.5 Å². The highest BCUT2D eigenvalue weighted by Gasteiger charge is 2.20. The second-order valence-electron chi connectivity index (χ2n) is 6.32. The van der Waals surface area contributed by atoms with Crippen molar-refractivity contribution in [1.82, 2.24) is 15.5 Å². The lowest BCUT2D eigenvalue weighted by Gasteiger charge is -2.23. The first kappa shape index (κ1) is 21.7. The van der Waals surface area contributed by atoms with Crippen LogP contribution in [0.2, 0.25) is 0 Å². The lowest BCUT2D eigenvalue weighted by Crippen LogP contribution is -2.43. The van der Waals surface area contributed by atoms with Crippen LogP contribution in [0.5, 0.6) is 0 Å². The molecule has 0 aliphatic heterocycles. The largest absolute Gasteiger partial charge is 0.354 e. The fourth-order valence-corrected chi connectivity index (χ4v) is 1.93. The average Bonchev–Trinajstić information content (AvgIpc) is 2.47. The van der Waals surface area contributed by atoms with Crippen molar-refractivity contribution in [1.29, 1.82) is 0 Å². The number of nitrogens with one attached hydrogen (secondary N) is 2. The summed E-state index contributed by atoms with van der Waals surface area (Å²) in [4.78, 5) is 18.1. The first-order valence-electron chi connectivity index (χ1n) is 7.58. The molecule has 23 heavy (non-hydrogen) atoms. The number of rotatable bonds is 5. The van der Waals surface area contributed by atoms with Gasteiger partial charge in [-0.3, -0.25) is 9.79 Å². The van der Waals surface area contributed by atoms with Gasteiger partial charge in [-0.2, -0.15) is 0 Å². The van der Waals surface area contributed by atoms with Gasteiger partial charge in [0.25, 0.3) is 0 Å². The van der Waals surface area contributed by atoms with Crippen LogP contribution in [0.25, 0.3) is 0 Å². The van der Waals surface area contributed by atoms with Gasteiger partial charge >= 0.3 is 0 Å². The molecule has 5 nitrogen and oxygen atoms in total. The van der Waals surface area contributed by atoms with E-state index in [-0.39, 0.29) is 35.3 Å². The Morgan fingerprint density at radius 2 is 1.70 bits per heavy atom. The Balaban J connectivity index is 0.00000484. The number of hydrogen-bond donors (Lipinski definition) is 2. The van der Waals surface area contributed by atoms with Crippen LogP contribution in [0.1, 0.15) is 26.3 Å². The number of halogens is 1. The fraction of sp³-hybridized carbons (Fsp3) is 0.529. The molecule has 1 aromatic rings. The molecular formula is C17H29IN4O. The summed E-state index contributed by atoms with van der Waals surface area (Å²) < 4.78 is 0. The number of amides is 1. The van der Waals surface area contributed by atoms with Crippen LogP contribution in [0.15, 0.2) is 35.3 Å². The quantitative estimate of drug-likeness (QED) is 0.325. The minimum atomic E-state index is -0.355. The summed E-state index contributed by atoms with van der Waals surface area (Å²) in [5, 5.41) is 6.17. The van der Waals surface area contributed by atoms with Crippen LogP contribution in [0, 0.1) is 5.41 Å². The molecule has 1 amide bonds. The maximum atomic E-state index is 11.8. The Hall–Kier alpha value is -1.31. The van der Waals surface area contributed by atoms with Crippen molar-refractivity contribution in [2.75, 3.05) is 27.2 Å². The molecule has 1 rings (SSSR count). The zero-order valence-corrected chi connectivity index (χ0v) is 17.0. The molecule has 0 fully saturated rings. The van der Waals surface area contributed by atoms with Crippen LogP contribution in [-0.4, -0.2) is 44.0 Å². The summed E-state index contributed by atoms with van der Waals surface area (Å²) in [6.45, 7) is 7.73. The van der Waals surface area contributed by atoms with E-state index in [4.69, 9.17) is 0 Å². The minimum absolute atomic E-state index is 0. The van der Waals surface area contributed by atoms with E-state index in [1.165, 1.54) is 5.56 Å². The third-order valence-electron chi connectivity index (χ3n) is 3.21. The molecule has 0 saturated carbocycles. The minimum Gasteiger partial charge on any atom is -0.354 e. The number of carbonyl (C=O) groups is 1. The van der Waals surface area contributed by atoms with E-state index in [0.717, 1.165) is 12.5 Å². The van der Waals surface area contributed by atoms with Gasteiger partial charge in [-0.1, -0.05) is 51.1 Å². The van der Waals surface area contributed by atoms with Crippen molar-refractivity contribution < 1.29 is 4.79 Å². The lowest BCUT2D eigenvalue weighted by atomic mass is 9.96. The van der Waals surface area contributed by atoms with Gasteiger partial charge in [0, 0.05) is 39.1 Å². The van der Waals surface area contributed by atoms with Gasteiger partial charge in [0.2, 0.25) is 5.91 Å². The number of carbonyl (C=O) groups excluding carboxylic acids is 1. The standard InChI is InChI=1S/C17H28N4O.HI/c1-17(2,3)15(22)19-11-12-20-16(18-4)21(5)13-14-9-7-6-8-10-14;/h6-10H,11-13H2,1-5H3,(H,18,20)(H,19,22);1H. The molecule has 0 spiro atoms. The van der Waals surface area contributed by atoms with Crippen LogP contribution in [-0.2, 0) is 11.3 Å². The Morgan fingerprint density at radius 1 is 1.13 bits per heavy atom. The number of benzene rings is 1. The zero-order valence-electron chi connectivity index (χ0n) is 14.7. The first-order chi connectivity index (χ1) is 10.3. The third kappa shape index (κ3) is 8.20. The van der Waals surface area contributed by atoms with Crippen LogP contribution in [0.4, 0.5) is 0 Å². The van der Waals surface area contributed by atoms with Gasteiger partial charge in [0.1, 0.15) is 0 Å². The van der Waals surface area contributed by atoms with E-state index in [1.807, 2.05) is 46.0 Å². The van der Waals surface area contributed by atoms with E-state index < -0.39 is 0 Å². The smallest absolute Gasteiger partial charge is 0.225 e. The molecule has 0 unspecified atom stereocenters. The summed E-state index contributed by atoms with van der Waals surface area (Å²) in [6, 6.07) is 10.2. The van der Waals surface area contributed by atoms with E-state index in [1.54, 1.807) is 7.05 Å². The van der Waals surface area contributed by atoms with E-state index >= 15 is 0 Å². The maximum absolute atomic E-state index is 11.8. The molecule has 0 atom stereocenters. The van der Waals surface area contributed by atoms with Gasteiger partial charge in [0.05, 0.1) is 0 Å². The molecule has 0 heterocycles. The summed E-state index contributed by atoms with van der Waals surface area (Å²) in [7, 11) is 3.76. The van der Waals surface area contributed by atoms with E-state index in [9.17, 15) is 4.79 Å². The van der Waals surface area contributed by atoms with Crippen molar-refractivity contribution in [2.45, 2.75) is 27.3 Å². The molecule has 0 saturated heterocycles. The highest BCUT2D eigenvalue weighted by molar-refractivity contribution is 14.0. The Morgan fingerprint density at radius 3 is 2.22 bits per heavy atom. The van der Waals surface area contributed by atoms with Gasteiger partial charge in [-0.25, -0.2) is 0 Å². The highest BCUT2D eigenvalue weighted by Crippen LogP contribution is 2.11. The third-order valence-corrected chi connectivity index (χ3v) is 3.21. The number of guanidine groups is 1. The molecule has 0 aliphatic carbocycles. The molecular weight excluding hydrogens is 403 g/mol. The Bertz CT molecular complexity index is 497. The fourth-order valence-electron chi connectivity index (χ4n) is 1.93. The normalized spacial score (nSPS) is 11.4. The van der Waals surface area contributed by atoms with Crippen molar-refractivity contribution >= 4 is 35.8 Å².